The summed E-state index contributed by atoms with van der Waals surface area (Å²) < 4.78 is 42.5. The van der Waals surface area contributed by atoms with Crippen molar-refractivity contribution in [1.29, 1.82) is 0 Å². The van der Waals surface area contributed by atoms with Crippen LogP contribution in [-0.4, -0.2) is 23.0 Å². The number of aromatic carboxylic acids is 1. The lowest BCUT2D eigenvalue weighted by molar-refractivity contribution is -0.275. The molecule has 1 heterocycles. The smallest absolute Gasteiger partial charge is 0.435 e. The van der Waals surface area contributed by atoms with Gasteiger partial charge in [0.2, 0.25) is 0 Å². The zero-order chi connectivity index (χ0) is 21.7. The summed E-state index contributed by atoms with van der Waals surface area (Å²) in [5.74, 6) is -1.14. The minimum absolute atomic E-state index is 0.0365. The Balaban J connectivity index is 1.84. The minimum Gasteiger partial charge on any atom is -0.478 e. The van der Waals surface area contributed by atoms with Crippen LogP contribution in [-0.2, 0) is 10.4 Å². The van der Waals surface area contributed by atoms with Gasteiger partial charge >= 0.3 is 12.1 Å². The number of nitrogens with zero attached hydrogens (tertiary/aromatic N) is 1. The lowest BCUT2D eigenvalue weighted by atomic mass is 9.85. The SMILES string of the molecule is O=C(O)c1ccc(C2=NO[C@](c3cc(Cl)cc(Cl)c3)(C(F)(F)F)C2)c2ccccc12. The summed E-state index contributed by atoms with van der Waals surface area (Å²) in [6.45, 7) is 0. The molecule has 0 bridgehead atoms. The molecule has 0 spiro atoms. The Hall–Kier alpha value is -2.77. The fourth-order valence-electron chi connectivity index (χ4n) is 3.57. The number of fused-ring (bicyclic) bond motifs is 1. The number of halogens is 5. The summed E-state index contributed by atoms with van der Waals surface area (Å²) >= 11 is 11.8. The van der Waals surface area contributed by atoms with Gasteiger partial charge in [-0.15, -0.1) is 0 Å². The molecule has 3 aromatic carbocycles. The van der Waals surface area contributed by atoms with Crippen molar-refractivity contribution in [2.45, 2.75) is 18.2 Å². The molecule has 0 radical (unpaired) electrons. The highest BCUT2D eigenvalue weighted by Crippen LogP contribution is 2.50. The largest absolute Gasteiger partial charge is 0.478 e. The first-order valence-corrected chi connectivity index (χ1v) is 9.42. The molecule has 1 atom stereocenters. The molecule has 0 unspecified atom stereocenters. The van der Waals surface area contributed by atoms with E-state index in [0.717, 1.165) is 12.1 Å². The van der Waals surface area contributed by atoms with E-state index in [-0.39, 0.29) is 26.9 Å². The predicted octanol–water partition coefficient (Wildman–Crippen LogP) is 6.43. The van der Waals surface area contributed by atoms with Crippen LogP contribution in [0, 0.1) is 0 Å². The minimum atomic E-state index is -4.82. The predicted molar refractivity (Wildman–Crippen MR) is 107 cm³/mol. The number of carbonyl (C=O) groups is 1. The number of oxime groups is 1. The van der Waals surface area contributed by atoms with Crippen LogP contribution >= 0.6 is 23.2 Å². The Morgan fingerprint density at radius 3 is 2.27 bits per heavy atom. The maximum Gasteiger partial charge on any atom is 0.435 e. The van der Waals surface area contributed by atoms with Crippen LogP contribution in [0.1, 0.15) is 27.9 Å². The van der Waals surface area contributed by atoms with Crippen LogP contribution in [0.4, 0.5) is 13.2 Å². The molecule has 154 valence electrons. The van der Waals surface area contributed by atoms with Gasteiger partial charge in [0.1, 0.15) is 0 Å². The van der Waals surface area contributed by atoms with Crippen LogP contribution in [0.15, 0.2) is 59.8 Å². The molecular formula is C21H12Cl2F3NO3. The number of carboxylic acid groups (broad SMARTS) is 1. The molecule has 0 aliphatic carbocycles. The highest BCUT2D eigenvalue weighted by Gasteiger charge is 2.62. The second-order valence-corrected chi connectivity index (χ2v) is 7.67. The summed E-state index contributed by atoms with van der Waals surface area (Å²) in [4.78, 5) is 16.5. The number of benzene rings is 3. The Labute approximate surface area is 178 Å². The zero-order valence-electron chi connectivity index (χ0n) is 15.0. The summed E-state index contributed by atoms with van der Waals surface area (Å²) in [6.07, 6.45) is -5.44. The molecule has 1 N–H and O–H groups in total. The number of alkyl halides is 3. The number of hydrogen-bond donors (Lipinski definition) is 1. The third kappa shape index (κ3) is 3.28. The first-order chi connectivity index (χ1) is 14.1. The van der Waals surface area contributed by atoms with Crippen molar-refractivity contribution in [2.75, 3.05) is 0 Å². The van der Waals surface area contributed by atoms with E-state index < -0.39 is 24.2 Å². The third-order valence-corrected chi connectivity index (χ3v) is 5.42. The highest BCUT2D eigenvalue weighted by atomic mass is 35.5. The number of rotatable bonds is 3. The van der Waals surface area contributed by atoms with E-state index in [2.05, 4.69) is 5.16 Å². The first kappa shape index (κ1) is 20.5. The van der Waals surface area contributed by atoms with E-state index in [0.29, 0.717) is 16.3 Å². The van der Waals surface area contributed by atoms with Crippen molar-refractivity contribution >= 4 is 45.7 Å². The van der Waals surface area contributed by atoms with Crippen LogP contribution in [0.2, 0.25) is 10.0 Å². The topological polar surface area (TPSA) is 58.9 Å². The van der Waals surface area contributed by atoms with Gasteiger partial charge in [0.15, 0.2) is 0 Å². The fraction of sp³-hybridized carbons (Fsp3) is 0.143. The molecule has 4 nitrogen and oxygen atoms in total. The normalized spacial score (nSPS) is 18.9. The van der Waals surface area contributed by atoms with Gasteiger partial charge in [0.05, 0.1) is 11.3 Å². The quantitative estimate of drug-likeness (QED) is 0.497. The molecule has 3 aromatic rings. The van der Waals surface area contributed by atoms with Gasteiger partial charge in [-0.3, -0.25) is 0 Å². The van der Waals surface area contributed by atoms with Gasteiger partial charge in [-0.05, 0) is 35.0 Å². The number of carboxylic acids is 1. The summed E-state index contributed by atoms with van der Waals surface area (Å²) in [7, 11) is 0. The van der Waals surface area contributed by atoms with Crippen molar-refractivity contribution in [3.8, 4) is 0 Å². The maximum absolute atomic E-state index is 14.2. The maximum atomic E-state index is 14.2. The molecule has 4 rings (SSSR count). The number of hydrogen-bond acceptors (Lipinski definition) is 3. The van der Waals surface area contributed by atoms with E-state index in [1.807, 2.05) is 0 Å². The Kier molecular flexibility index (Phi) is 4.91. The Morgan fingerprint density at radius 1 is 1.03 bits per heavy atom. The average molecular weight is 454 g/mol. The highest BCUT2D eigenvalue weighted by molar-refractivity contribution is 6.34. The van der Waals surface area contributed by atoms with Gasteiger partial charge in [0.25, 0.3) is 5.60 Å². The second-order valence-electron chi connectivity index (χ2n) is 6.80. The Morgan fingerprint density at radius 2 is 1.67 bits per heavy atom. The fourth-order valence-corrected chi connectivity index (χ4v) is 4.10. The van der Waals surface area contributed by atoms with Gasteiger partial charge in [0, 0.05) is 27.6 Å². The molecule has 9 heteroatoms. The molecule has 0 saturated carbocycles. The molecule has 1 aliphatic rings. The monoisotopic (exact) mass is 453 g/mol. The van der Waals surface area contributed by atoms with Crippen LogP contribution in [0.3, 0.4) is 0 Å². The van der Waals surface area contributed by atoms with E-state index >= 15 is 0 Å². The zero-order valence-corrected chi connectivity index (χ0v) is 16.5. The first-order valence-electron chi connectivity index (χ1n) is 8.66. The van der Waals surface area contributed by atoms with Crippen molar-refractivity contribution in [1.82, 2.24) is 0 Å². The van der Waals surface area contributed by atoms with Crippen LogP contribution in [0.25, 0.3) is 10.8 Å². The van der Waals surface area contributed by atoms with Crippen molar-refractivity contribution < 1.29 is 27.9 Å². The van der Waals surface area contributed by atoms with Crippen molar-refractivity contribution in [2.24, 2.45) is 5.16 Å². The molecule has 0 aromatic heterocycles. The Bertz CT molecular complexity index is 1190. The molecule has 1 aliphatic heterocycles. The van der Waals surface area contributed by atoms with E-state index in [1.165, 1.54) is 18.2 Å². The van der Waals surface area contributed by atoms with E-state index in [9.17, 15) is 23.1 Å². The molecule has 0 amide bonds. The lowest BCUT2D eigenvalue weighted by Crippen LogP contribution is -2.42. The van der Waals surface area contributed by atoms with E-state index in [4.69, 9.17) is 28.0 Å². The summed E-state index contributed by atoms with van der Waals surface area (Å²) in [5.41, 5.74) is -2.59. The van der Waals surface area contributed by atoms with Crippen molar-refractivity contribution in [3.63, 3.8) is 0 Å². The summed E-state index contributed by atoms with van der Waals surface area (Å²) in [5, 5.41) is 14.1. The van der Waals surface area contributed by atoms with Crippen LogP contribution in [0.5, 0.6) is 0 Å². The molecule has 0 fully saturated rings. The van der Waals surface area contributed by atoms with Gasteiger partial charge < -0.3 is 9.94 Å². The molecular weight excluding hydrogens is 442 g/mol. The van der Waals surface area contributed by atoms with Crippen molar-refractivity contribution in [3.05, 3.63) is 81.3 Å². The molecule has 0 saturated heterocycles. The lowest BCUT2D eigenvalue weighted by Gasteiger charge is -2.29. The van der Waals surface area contributed by atoms with Gasteiger partial charge in [-0.2, -0.15) is 13.2 Å². The standard InChI is InChI=1S/C21H12Cl2F3NO3/c22-12-7-11(8-13(23)9-12)20(21(24,25)26)10-18(27-30-20)16-5-6-17(19(28)29)15-4-2-1-3-14(15)16/h1-9H,10H2,(H,28,29)/t20-/m1/s1. The summed E-state index contributed by atoms with van der Waals surface area (Å²) in [6, 6.07) is 12.9. The van der Waals surface area contributed by atoms with Gasteiger partial charge in [-0.1, -0.05) is 58.7 Å². The average Bonchev–Trinajstić information content (AvgIpc) is 3.13. The van der Waals surface area contributed by atoms with Crippen LogP contribution < -0.4 is 0 Å². The van der Waals surface area contributed by atoms with E-state index in [1.54, 1.807) is 24.3 Å². The third-order valence-electron chi connectivity index (χ3n) is 4.98. The van der Waals surface area contributed by atoms with Gasteiger partial charge in [-0.25, -0.2) is 4.79 Å². The molecule has 30 heavy (non-hydrogen) atoms. The second kappa shape index (κ2) is 7.18.